The molecule has 1 aliphatic heterocycles. The molecule has 0 unspecified atom stereocenters. The maximum Gasteiger partial charge on any atom is 0.262 e. The standard InChI is InChI=1S/C24H25N3O4/c1-4-30-18-11-12-21(31-5-2)20(15-18)26-23-22-19(10-7-13-25-22)24(28)27(23)16-8-6-9-17(14-16)29-3/h6-15,23,26H,4-5H2,1-3H3/t23-/m0/s1. The van der Waals surface area contributed by atoms with Crippen molar-refractivity contribution in [3.05, 3.63) is 72.1 Å². The highest BCUT2D eigenvalue weighted by molar-refractivity contribution is 6.11. The second-order valence-corrected chi connectivity index (χ2v) is 6.88. The Morgan fingerprint density at radius 3 is 2.61 bits per heavy atom. The summed E-state index contributed by atoms with van der Waals surface area (Å²) in [5.74, 6) is 1.93. The number of hydrogen-bond donors (Lipinski definition) is 1. The summed E-state index contributed by atoms with van der Waals surface area (Å²) < 4.78 is 16.8. The Labute approximate surface area is 181 Å². The van der Waals surface area contributed by atoms with Crippen molar-refractivity contribution in [2.75, 3.05) is 30.5 Å². The molecule has 0 aliphatic carbocycles. The zero-order valence-electron chi connectivity index (χ0n) is 17.8. The van der Waals surface area contributed by atoms with Crippen LogP contribution < -0.4 is 24.4 Å². The normalized spacial score (nSPS) is 14.9. The van der Waals surface area contributed by atoms with Crippen LogP contribution >= 0.6 is 0 Å². The first-order valence-corrected chi connectivity index (χ1v) is 10.2. The number of nitrogens with zero attached hydrogens (tertiary/aromatic N) is 2. The minimum atomic E-state index is -0.521. The van der Waals surface area contributed by atoms with Gasteiger partial charge in [0.2, 0.25) is 0 Å². The van der Waals surface area contributed by atoms with Crippen LogP contribution in [0.15, 0.2) is 60.8 Å². The molecule has 31 heavy (non-hydrogen) atoms. The molecule has 7 heteroatoms. The largest absolute Gasteiger partial charge is 0.497 e. The first-order chi connectivity index (χ1) is 15.2. The zero-order valence-corrected chi connectivity index (χ0v) is 17.8. The Morgan fingerprint density at radius 2 is 1.84 bits per heavy atom. The van der Waals surface area contributed by atoms with Crippen LogP contribution in [0.5, 0.6) is 17.2 Å². The van der Waals surface area contributed by atoms with Gasteiger partial charge in [-0.1, -0.05) is 6.07 Å². The van der Waals surface area contributed by atoms with Gasteiger partial charge in [0, 0.05) is 18.3 Å². The smallest absolute Gasteiger partial charge is 0.262 e. The highest BCUT2D eigenvalue weighted by atomic mass is 16.5. The van der Waals surface area contributed by atoms with E-state index in [1.807, 2.05) is 56.3 Å². The second kappa shape index (κ2) is 8.95. The number of carbonyl (C=O) groups is 1. The molecular formula is C24H25N3O4. The average molecular weight is 419 g/mol. The summed E-state index contributed by atoms with van der Waals surface area (Å²) in [6.07, 6.45) is 1.17. The van der Waals surface area contributed by atoms with Crippen LogP contribution in [0.25, 0.3) is 0 Å². The van der Waals surface area contributed by atoms with Crippen LogP contribution in [0.1, 0.15) is 36.1 Å². The molecule has 0 spiro atoms. The second-order valence-electron chi connectivity index (χ2n) is 6.88. The fraction of sp³-hybridized carbons (Fsp3) is 0.250. The van der Waals surface area contributed by atoms with Crippen molar-refractivity contribution in [1.29, 1.82) is 0 Å². The molecule has 160 valence electrons. The third-order valence-electron chi connectivity index (χ3n) is 4.99. The Kier molecular flexibility index (Phi) is 5.93. The number of ether oxygens (including phenoxy) is 3. The Hall–Kier alpha value is -3.74. The summed E-state index contributed by atoms with van der Waals surface area (Å²) in [4.78, 5) is 19.5. The van der Waals surface area contributed by atoms with Crippen LogP contribution in [-0.4, -0.2) is 31.2 Å². The van der Waals surface area contributed by atoms with E-state index in [-0.39, 0.29) is 5.91 Å². The van der Waals surface area contributed by atoms with Crippen molar-refractivity contribution in [2.45, 2.75) is 20.0 Å². The topological polar surface area (TPSA) is 72.9 Å². The fourth-order valence-corrected chi connectivity index (χ4v) is 3.65. The number of anilines is 2. The molecule has 1 aliphatic rings. The lowest BCUT2D eigenvalue weighted by Crippen LogP contribution is -2.32. The molecule has 0 saturated heterocycles. The number of methoxy groups -OCH3 is 1. The number of aromatic nitrogens is 1. The Bertz CT molecular complexity index is 1090. The van der Waals surface area contributed by atoms with Gasteiger partial charge >= 0.3 is 0 Å². The van der Waals surface area contributed by atoms with Crippen LogP contribution in [0.4, 0.5) is 11.4 Å². The van der Waals surface area contributed by atoms with Gasteiger partial charge < -0.3 is 19.5 Å². The van der Waals surface area contributed by atoms with E-state index >= 15 is 0 Å². The molecule has 0 radical (unpaired) electrons. The molecule has 0 fully saturated rings. The van der Waals surface area contributed by atoms with Crippen molar-refractivity contribution in [3.8, 4) is 17.2 Å². The van der Waals surface area contributed by atoms with Gasteiger partial charge in [0.05, 0.1) is 43.0 Å². The predicted molar refractivity (Wildman–Crippen MR) is 119 cm³/mol. The zero-order chi connectivity index (χ0) is 21.8. The third kappa shape index (κ3) is 3.99. The molecule has 3 aromatic rings. The number of nitrogens with one attached hydrogen (secondary N) is 1. The summed E-state index contributed by atoms with van der Waals surface area (Å²) in [7, 11) is 1.60. The van der Waals surface area contributed by atoms with Gasteiger partial charge in [0.25, 0.3) is 5.91 Å². The van der Waals surface area contributed by atoms with E-state index in [2.05, 4.69) is 10.3 Å². The SMILES string of the molecule is CCOc1ccc(OCC)c(N[C@@H]2c3ncccc3C(=O)N2c2cccc(OC)c2)c1. The van der Waals surface area contributed by atoms with E-state index in [1.54, 1.807) is 30.3 Å². The number of carbonyl (C=O) groups excluding carboxylic acids is 1. The van der Waals surface area contributed by atoms with Crippen LogP contribution in [0.2, 0.25) is 0 Å². The summed E-state index contributed by atoms with van der Waals surface area (Å²) in [5.41, 5.74) is 2.64. The fourth-order valence-electron chi connectivity index (χ4n) is 3.65. The van der Waals surface area contributed by atoms with E-state index in [0.29, 0.717) is 47.4 Å². The van der Waals surface area contributed by atoms with Gasteiger partial charge in [0.1, 0.15) is 17.2 Å². The van der Waals surface area contributed by atoms with Crippen molar-refractivity contribution >= 4 is 17.3 Å². The van der Waals surface area contributed by atoms with Gasteiger partial charge in [0.15, 0.2) is 6.17 Å². The molecule has 0 bridgehead atoms. The summed E-state index contributed by atoms with van der Waals surface area (Å²) in [6, 6.07) is 16.6. The van der Waals surface area contributed by atoms with Crippen LogP contribution in [0.3, 0.4) is 0 Å². The Morgan fingerprint density at radius 1 is 1.00 bits per heavy atom. The van der Waals surface area contributed by atoms with Crippen molar-refractivity contribution in [1.82, 2.24) is 4.98 Å². The molecule has 7 nitrogen and oxygen atoms in total. The van der Waals surface area contributed by atoms with E-state index in [0.717, 1.165) is 5.69 Å². The molecule has 1 atom stereocenters. The highest BCUT2D eigenvalue weighted by Gasteiger charge is 2.39. The van der Waals surface area contributed by atoms with Gasteiger partial charge in [-0.15, -0.1) is 0 Å². The Balaban J connectivity index is 1.78. The summed E-state index contributed by atoms with van der Waals surface area (Å²) in [6.45, 7) is 4.93. The monoisotopic (exact) mass is 419 g/mol. The van der Waals surface area contributed by atoms with Crippen molar-refractivity contribution < 1.29 is 19.0 Å². The van der Waals surface area contributed by atoms with Gasteiger partial charge in [-0.2, -0.15) is 0 Å². The minimum Gasteiger partial charge on any atom is -0.497 e. The van der Waals surface area contributed by atoms with Gasteiger partial charge in [-0.3, -0.25) is 14.7 Å². The number of rotatable bonds is 8. The molecule has 0 saturated carbocycles. The number of pyridine rings is 1. The third-order valence-corrected chi connectivity index (χ3v) is 4.99. The molecule has 1 aromatic heterocycles. The molecule has 1 N–H and O–H groups in total. The first-order valence-electron chi connectivity index (χ1n) is 10.2. The molecular weight excluding hydrogens is 394 g/mol. The van der Waals surface area contributed by atoms with E-state index in [9.17, 15) is 4.79 Å². The highest BCUT2D eigenvalue weighted by Crippen LogP contribution is 2.40. The lowest BCUT2D eigenvalue weighted by atomic mass is 10.2. The number of fused-ring (bicyclic) bond motifs is 1. The first kappa shape index (κ1) is 20.5. The molecule has 2 aromatic carbocycles. The van der Waals surface area contributed by atoms with Gasteiger partial charge in [-0.25, -0.2) is 0 Å². The van der Waals surface area contributed by atoms with Crippen LogP contribution in [0, 0.1) is 0 Å². The summed E-state index contributed by atoms with van der Waals surface area (Å²) >= 11 is 0. The molecule has 1 amide bonds. The quantitative estimate of drug-likeness (QED) is 0.573. The lowest BCUT2D eigenvalue weighted by Gasteiger charge is -2.27. The number of benzene rings is 2. The molecule has 4 rings (SSSR count). The summed E-state index contributed by atoms with van der Waals surface area (Å²) in [5, 5.41) is 3.46. The predicted octanol–water partition coefficient (Wildman–Crippen LogP) is 4.66. The minimum absolute atomic E-state index is 0.132. The van der Waals surface area contributed by atoms with Crippen molar-refractivity contribution in [2.24, 2.45) is 0 Å². The van der Waals surface area contributed by atoms with Crippen molar-refractivity contribution in [3.63, 3.8) is 0 Å². The maximum absolute atomic E-state index is 13.3. The van der Waals surface area contributed by atoms with E-state index < -0.39 is 6.17 Å². The van der Waals surface area contributed by atoms with Crippen LogP contribution in [-0.2, 0) is 0 Å². The molecule has 2 heterocycles. The van der Waals surface area contributed by atoms with E-state index in [1.165, 1.54) is 0 Å². The van der Waals surface area contributed by atoms with Gasteiger partial charge in [-0.05, 0) is 50.2 Å². The van der Waals surface area contributed by atoms with E-state index in [4.69, 9.17) is 14.2 Å². The number of hydrogen-bond acceptors (Lipinski definition) is 6. The maximum atomic E-state index is 13.3. The number of amides is 1. The lowest BCUT2D eigenvalue weighted by molar-refractivity contribution is 0.0993. The average Bonchev–Trinajstić information content (AvgIpc) is 3.07.